The molecule has 0 aromatic rings. The number of hydrogen-bond donors (Lipinski definition) is 1. The summed E-state index contributed by atoms with van der Waals surface area (Å²) in [5, 5.41) is 0.616. The van der Waals surface area contributed by atoms with Crippen molar-refractivity contribution in [2.24, 2.45) is 0 Å². The van der Waals surface area contributed by atoms with Crippen LogP contribution in [0.25, 0.3) is 0 Å². The molecule has 0 fully saturated rings. The zero-order valence-corrected chi connectivity index (χ0v) is 12.2. The van der Waals surface area contributed by atoms with Gasteiger partial charge < -0.3 is 0 Å². The lowest BCUT2D eigenvalue weighted by atomic mass is 10.0. The normalized spacial score (nSPS) is 14.0. The summed E-state index contributed by atoms with van der Waals surface area (Å²) >= 11 is 3.19. The van der Waals surface area contributed by atoms with Gasteiger partial charge in [-0.05, 0) is 26.7 Å². The summed E-state index contributed by atoms with van der Waals surface area (Å²) < 4.78 is 61.0. The van der Waals surface area contributed by atoms with Gasteiger partial charge in [-0.2, -0.15) is 13.2 Å². The number of hydrogen-bond acceptors (Lipinski definition) is 2. The Kier molecular flexibility index (Phi) is 6.44. The van der Waals surface area contributed by atoms with Crippen molar-refractivity contribution < 1.29 is 21.6 Å². The third kappa shape index (κ3) is 9.84. The standard InChI is InChI=1S/C9H17BrF3NO2S/c1-8(2,5-6-10)14-17(15,16)7-3-4-9(11,12)13/h14H,3-7H2,1-2H3. The molecule has 0 bridgehead atoms. The minimum Gasteiger partial charge on any atom is -0.212 e. The average molecular weight is 340 g/mol. The summed E-state index contributed by atoms with van der Waals surface area (Å²) in [6.07, 6.45) is -5.23. The Morgan fingerprint density at radius 1 is 1.18 bits per heavy atom. The lowest BCUT2D eigenvalue weighted by Crippen LogP contribution is -2.44. The third-order valence-electron chi connectivity index (χ3n) is 2.02. The molecule has 0 heterocycles. The van der Waals surface area contributed by atoms with E-state index in [0.717, 1.165) is 0 Å². The molecule has 0 aromatic carbocycles. The van der Waals surface area contributed by atoms with Crippen LogP contribution < -0.4 is 4.72 Å². The van der Waals surface area contributed by atoms with Crippen molar-refractivity contribution in [3.63, 3.8) is 0 Å². The minimum atomic E-state index is -4.30. The molecule has 0 aliphatic heterocycles. The molecule has 1 N–H and O–H groups in total. The van der Waals surface area contributed by atoms with Crippen molar-refractivity contribution in [2.45, 2.75) is 44.8 Å². The molecule has 104 valence electrons. The second-order valence-corrected chi connectivity index (χ2v) is 7.10. The SMILES string of the molecule is CC(C)(CCBr)NS(=O)(=O)CCCC(F)(F)F. The van der Waals surface area contributed by atoms with Crippen LogP contribution in [0.3, 0.4) is 0 Å². The highest BCUT2D eigenvalue weighted by Gasteiger charge is 2.29. The van der Waals surface area contributed by atoms with Crippen molar-refractivity contribution in [1.29, 1.82) is 0 Å². The summed E-state index contributed by atoms with van der Waals surface area (Å²) in [6, 6.07) is 0. The molecule has 0 saturated heterocycles. The van der Waals surface area contributed by atoms with E-state index in [1.165, 1.54) is 0 Å². The van der Waals surface area contributed by atoms with Gasteiger partial charge in [-0.3, -0.25) is 0 Å². The molecule has 0 atom stereocenters. The van der Waals surface area contributed by atoms with E-state index in [1.54, 1.807) is 13.8 Å². The molecule has 0 aliphatic carbocycles. The Hall–Kier alpha value is 0.180. The summed E-state index contributed by atoms with van der Waals surface area (Å²) in [5.74, 6) is -0.502. The maximum absolute atomic E-state index is 11.9. The molecule has 17 heavy (non-hydrogen) atoms. The first-order valence-electron chi connectivity index (χ1n) is 5.12. The van der Waals surface area contributed by atoms with Gasteiger partial charge in [0.05, 0.1) is 5.75 Å². The fourth-order valence-electron chi connectivity index (χ4n) is 1.22. The van der Waals surface area contributed by atoms with Crippen LogP contribution in [-0.2, 0) is 10.0 Å². The Bertz CT molecular complexity index is 328. The summed E-state index contributed by atoms with van der Waals surface area (Å²) in [4.78, 5) is 0. The van der Waals surface area contributed by atoms with Crippen molar-refractivity contribution in [2.75, 3.05) is 11.1 Å². The average Bonchev–Trinajstić information content (AvgIpc) is 1.96. The van der Waals surface area contributed by atoms with Crippen molar-refractivity contribution >= 4 is 26.0 Å². The predicted octanol–water partition coefficient (Wildman–Crippen LogP) is 2.81. The number of sulfonamides is 1. The van der Waals surface area contributed by atoms with Crippen LogP contribution >= 0.6 is 15.9 Å². The maximum Gasteiger partial charge on any atom is 0.389 e. The third-order valence-corrected chi connectivity index (χ3v) is 4.11. The smallest absolute Gasteiger partial charge is 0.212 e. The number of nitrogens with one attached hydrogen (secondary N) is 1. The molecule has 0 spiro atoms. The van der Waals surface area contributed by atoms with E-state index in [9.17, 15) is 21.6 Å². The highest BCUT2D eigenvalue weighted by atomic mass is 79.9. The molecule has 8 heteroatoms. The van der Waals surface area contributed by atoms with Gasteiger partial charge >= 0.3 is 6.18 Å². The number of rotatable bonds is 7. The molecule has 0 unspecified atom stereocenters. The Morgan fingerprint density at radius 2 is 1.71 bits per heavy atom. The second kappa shape index (κ2) is 6.38. The van der Waals surface area contributed by atoms with Crippen molar-refractivity contribution in [3.05, 3.63) is 0 Å². The summed E-state index contributed by atoms with van der Waals surface area (Å²) in [7, 11) is -3.65. The van der Waals surface area contributed by atoms with Crippen LogP contribution in [0.2, 0.25) is 0 Å². The van der Waals surface area contributed by atoms with Crippen LogP contribution in [0, 0.1) is 0 Å². The molecular formula is C9H17BrF3NO2S. The van der Waals surface area contributed by atoms with Gasteiger partial charge in [0.15, 0.2) is 0 Å². The van der Waals surface area contributed by atoms with Crippen molar-refractivity contribution in [1.82, 2.24) is 4.72 Å². The molecule has 0 aliphatic rings. The molecule has 0 rings (SSSR count). The molecule has 0 radical (unpaired) electrons. The Morgan fingerprint density at radius 3 is 2.12 bits per heavy atom. The van der Waals surface area contributed by atoms with E-state index in [4.69, 9.17) is 0 Å². The van der Waals surface area contributed by atoms with E-state index in [1.807, 2.05) is 0 Å². The van der Waals surface area contributed by atoms with Gasteiger partial charge in [-0.25, -0.2) is 13.1 Å². The number of halogens is 4. The van der Waals surface area contributed by atoms with E-state index in [-0.39, 0.29) is 0 Å². The highest BCUT2D eigenvalue weighted by molar-refractivity contribution is 9.09. The fraction of sp³-hybridized carbons (Fsp3) is 1.00. The summed E-state index contributed by atoms with van der Waals surface area (Å²) in [5.41, 5.74) is -0.652. The van der Waals surface area contributed by atoms with E-state index < -0.39 is 40.3 Å². The van der Waals surface area contributed by atoms with Gasteiger partial charge in [0, 0.05) is 17.3 Å². The zero-order chi connectivity index (χ0) is 13.7. The predicted molar refractivity (Wildman–Crippen MR) is 64.7 cm³/mol. The molecule has 0 saturated carbocycles. The number of alkyl halides is 4. The second-order valence-electron chi connectivity index (χ2n) is 4.46. The largest absolute Gasteiger partial charge is 0.389 e. The minimum absolute atomic E-state index is 0.413. The van der Waals surface area contributed by atoms with E-state index in [0.29, 0.717) is 11.8 Å². The monoisotopic (exact) mass is 339 g/mol. The lowest BCUT2D eigenvalue weighted by Gasteiger charge is -2.25. The topological polar surface area (TPSA) is 46.2 Å². The molecular weight excluding hydrogens is 323 g/mol. The van der Waals surface area contributed by atoms with E-state index >= 15 is 0 Å². The first-order chi connectivity index (χ1) is 7.47. The first-order valence-corrected chi connectivity index (χ1v) is 7.89. The quantitative estimate of drug-likeness (QED) is 0.725. The van der Waals surface area contributed by atoms with Gasteiger partial charge in [0.1, 0.15) is 0 Å². The van der Waals surface area contributed by atoms with Gasteiger partial charge in [-0.15, -0.1) is 0 Å². The summed E-state index contributed by atoms with van der Waals surface area (Å²) in [6.45, 7) is 3.38. The van der Waals surface area contributed by atoms with Gasteiger partial charge in [0.2, 0.25) is 10.0 Å². The Labute approximate surface area is 108 Å². The van der Waals surface area contributed by atoms with E-state index in [2.05, 4.69) is 20.7 Å². The molecule has 0 amide bonds. The maximum atomic E-state index is 11.9. The van der Waals surface area contributed by atoms with Gasteiger partial charge in [-0.1, -0.05) is 15.9 Å². The first kappa shape index (κ1) is 17.2. The highest BCUT2D eigenvalue weighted by Crippen LogP contribution is 2.21. The fourth-order valence-corrected chi connectivity index (χ4v) is 3.78. The Balaban J connectivity index is 4.22. The van der Waals surface area contributed by atoms with Crippen LogP contribution in [-0.4, -0.2) is 31.2 Å². The zero-order valence-electron chi connectivity index (χ0n) is 9.77. The van der Waals surface area contributed by atoms with Crippen LogP contribution in [0.5, 0.6) is 0 Å². The molecule has 3 nitrogen and oxygen atoms in total. The van der Waals surface area contributed by atoms with Crippen LogP contribution in [0.15, 0.2) is 0 Å². The van der Waals surface area contributed by atoms with Crippen LogP contribution in [0.1, 0.15) is 33.1 Å². The molecule has 0 aromatic heterocycles. The van der Waals surface area contributed by atoms with Crippen molar-refractivity contribution in [3.8, 4) is 0 Å². The lowest BCUT2D eigenvalue weighted by molar-refractivity contribution is -0.134. The van der Waals surface area contributed by atoms with Gasteiger partial charge in [0.25, 0.3) is 0 Å². The van der Waals surface area contributed by atoms with Crippen LogP contribution in [0.4, 0.5) is 13.2 Å².